The van der Waals surface area contributed by atoms with Crippen LogP contribution in [0.2, 0.25) is 0 Å². The van der Waals surface area contributed by atoms with Crippen LogP contribution in [0.5, 0.6) is 0 Å². The van der Waals surface area contributed by atoms with E-state index in [9.17, 15) is 4.79 Å². The van der Waals surface area contributed by atoms with Gasteiger partial charge in [-0.1, -0.05) is 37.3 Å². The molecule has 1 aromatic carbocycles. The molecule has 0 aliphatic rings. The number of hydrogen-bond donors (Lipinski definition) is 2. The molecule has 2 N–H and O–H groups in total. The van der Waals surface area contributed by atoms with Gasteiger partial charge in [0, 0.05) is 6.54 Å². The van der Waals surface area contributed by atoms with Crippen LogP contribution in [0.25, 0.3) is 0 Å². The highest BCUT2D eigenvalue weighted by atomic mass is 32.1. The number of thiazole rings is 1. The fraction of sp³-hybridized carbons (Fsp3) is 0.231. The summed E-state index contributed by atoms with van der Waals surface area (Å²) in [4.78, 5) is 14.7. The Balaban J connectivity index is 1.99. The van der Waals surface area contributed by atoms with E-state index in [-0.39, 0.29) is 5.69 Å². The highest BCUT2D eigenvalue weighted by Crippen LogP contribution is 2.22. The highest BCUT2D eigenvalue weighted by molar-refractivity contribution is 7.14. The number of carboxylic acid groups (broad SMARTS) is 1. The van der Waals surface area contributed by atoms with Crippen LogP contribution < -0.4 is 5.32 Å². The molecule has 0 saturated heterocycles. The van der Waals surface area contributed by atoms with Crippen molar-refractivity contribution in [3.63, 3.8) is 0 Å². The lowest BCUT2D eigenvalue weighted by Gasteiger charge is -2.13. The number of carboxylic acids is 1. The highest BCUT2D eigenvalue weighted by Gasteiger charge is 2.14. The molecule has 0 bridgehead atoms. The maximum atomic E-state index is 10.9. The molecule has 18 heavy (non-hydrogen) atoms. The van der Waals surface area contributed by atoms with E-state index in [0.29, 0.717) is 17.5 Å². The number of anilines is 1. The van der Waals surface area contributed by atoms with Gasteiger partial charge in [-0.25, -0.2) is 9.78 Å². The van der Waals surface area contributed by atoms with E-state index in [4.69, 9.17) is 5.11 Å². The summed E-state index contributed by atoms with van der Waals surface area (Å²) >= 11 is 1.31. The van der Waals surface area contributed by atoms with Crippen LogP contribution in [0.15, 0.2) is 35.8 Å². The average Bonchev–Trinajstić information content (AvgIpc) is 2.85. The molecule has 0 aliphatic carbocycles. The summed E-state index contributed by atoms with van der Waals surface area (Å²) in [5.74, 6) is -0.680. The molecule has 4 nitrogen and oxygen atoms in total. The zero-order valence-electron chi connectivity index (χ0n) is 9.96. The number of aromatic nitrogens is 1. The molecule has 0 radical (unpaired) electrons. The van der Waals surface area contributed by atoms with Gasteiger partial charge >= 0.3 is 5.97 Å². The van der Waals surface area contributed by atoms with Gasteiger partial charge in [-0.15, -0.1) is 11.3 Å². The van der Waals surface area contributed by atoms with Gasteiger partial charge in [0.25, 0.3) is 0 Å². The van der Waals surface area contributed by atoms with Crippen LogP contribution in [0.1, 0.15) is 28.9 Å². The number of carbonyl (C=O) groups is 1. The predicted molar refractivity (Wildman–Crippen MR) is 72.4 cm³/mol. The second-order valence-electron chi connectivity index (χ2n) is 4.03. The summed E-state index contributed by atoms with van der Waals surface area (Å²) in [6.45, 7) is 2.79. The average molecular weight is 262 g/mol. The Bertz CT molecular complexity index is 525. The number of aromatic carboxylic acids is 1. The van der Waals surface area contributed by atoms with Crippen LogP contribution >= 0.6 is 11.3 Å². The predicted octanol–water partition coefficient (Wildman–Crippen LogP) is 3.06. The minimum absolute atomic E-state index is 0.0975. The first-order chi connectivity index (χ1) is 8.68. The zero-order valence-corrected chi connectivity index (χ0v) is 10.8. The first-order valence-corrected chi connectivity index (χ1v) is 6.52. The van der Waals surface area contributed by atoms with Gasteiger partial charge in [0.1, 0.15) is 5.00 Å². The van der Waals surface area contributed by atoms with Crippen molar-refractivity contribution in [1.29, 1.82) is 0 Å². The smallest absolute Gasteiger partial charge is 0.357 e. The van der Waals surface area contributed by atoms with Crippen molar-refractivity contribution in [2.75, 3.05) is 11.9 Å². The van der Waals surface area contributed by atoms with Crippen molar-refractivity contribution in [2.45, 2.75) is 12.8 Å². The first kappa shape index (κ1) is 12.6. The topological polar surface area (TPSA) is 62.2 Å². The van der Waals surface area contributed by atoms with E-state index in [0.717, 1.165) is 0 Å². The third-order valence-electron chi connectivity index (χ3n) is 2.71. The van der Waals surface area contributed by atoms with Gasteiger partial charge < -0.3 is 10.4 Å². The van der Waals surface area contributed by atoms with E-state index in [2.05, 4.69) is 29.4 Å². The lowest BCUT2D eigenvalue weighted by Crippen LogP contribution is -2.11. The number of benzene rings is 1. The standard InChI is InChI=1S/C13H14N2O2S/c1-9(10-5-3-2-4-6-10)7-14-12-11(13(16)17)15-8-18-12/h2-6,8-9,14H,7H2,1H3,(H,16,17). The third-order valence-corrected chi connectivity index (χ3v) is 3.49. The normalized spacial score (nSPS) is 12.1. The minimum Gasteiger partial charge on any atom is -0.476 e. The van der Waals surface area contributed by atoms with Crippen molar-refractivity contribution in [3.8, 4) is 0 Å². The van der Waals surface area contributed by atoms with Crippen molar-refractivity contribution >= 4 is 22.3 Å². The maximum Gasteiger partial charge on any atom is 0.357 e. The molecule has 1 aromatic heterocycles. The van der Waals surface area contributed by atoms with Crippen LogP contribution in [0.4, 0.5) is 5.00 Å². The molecule has 0 fully saturated rings. The van der Waals surface area contributed by atoms with Crippen LogP contribution in [0.3, 0.4) is 0 Å². The molecule has 1 atom stereocenters. The lowest BCUT2D eigenvalue weighted by atomic mass is 10.0. The molecule has 1 unspecified atom stereocenters. The Morgan fingerprint density at radius 1 is 1.44 bits per heavy atom. The van der Waals surface area contributed by atoms with Crippen molar-refractivity contribution in [2.24, 2.45) is 0 Å². The van der Waals surface area contributed by atoms with Crippen LogP contribution in [0, 0.1) is 0 Å². The monoisotopic (exact) mass is 262 g/mol. The molecule has 2 rings (SSSR count). The zero-order chi connectivity index (χ0) is 13.0. The van der Waals surface area contributed by atoms with Gasteiger partial charge in [-0.3, -0.25) is 0 Å². The molecule has 5 heteroatoms. The number of rotatable bonds is 5. The summed E-state index contributed by atoms with van der Waals surface area (Å²) in [7, 11) is 0. The number of nitrogens with one attached hydrogen (secondary N) is 1. The SMILES string of the molecule is CC(CNc1scnc1C(=O)O)c1ccccc1. The first-order valence-electron chi connectivity index (χ1n) is 5.64. The van der Waals surface area contributed by atoms with E-state index < -0.39 is 5.97 Å². The summed E-state index contributed by atoms with van der Waals surface area (Å²) in [6.07, 6.45) is 0. The summed E-state index contributed by atoms with van der Waals surface area (Å²) in [5, 5.41) is 12.7. The summed E-state index contributed by atoms with van der Waals surface area (Å²) in [6, 6.07) is 10.1. The van der Waals surface area contributed by atoms with E-state index in [1.807, 2.05) is 18.2 Å². The second kappa shape index (κ2) is 5.64. The summed E-state index contributed by atoms with van der Waals surface area (Å²) in [5.41, 5.74) is 2.87. The Hall–Kier alpha value is -1.88. The van der Waals surface area contributed by atoms with Gasteiger partial charge in [0.15, 0.2) is 5.69 Å². The van der Waals surface area contributed by atoms with E-state index in [1.165, 1.54) is 16.9 Å². The molecule has 2 aromatic rings. The van der Waals surface area contributed by atoms with Crippen molar-refractivity contribution < 1.29 is 9.90 Å². The Morgan fingerprint density at radius 2 is 2.17 bits per heavy atom. The van der Waals surface area contributed by atoms with Gasteiger partial charge in [-0.2, -0.15) is 0 Å². The molecule has 0 amide bonds. The Kier molecular flexibility index (Phi) is 3.94. The number of hydrogen-bond acceptors (Lipinski definition) is 4. The minimum atomic E-state index is -0.994. The molecular weight excluding hydrogens is 248 g/mol. The Morgan fingerprint density at radius 3 is 2.83 bits per heavy atom. The molecule has 94 valence electrons. The van der Waals surface area contributed by atoms with Gasteiger partial charge in [-0.05, 0) is 11.5 Å². The molecule has 0 saturated carbocycles. The van der Waals surface area contributed by atoms with Gasteiger partial charge in [0.2, 0.25) is 0 Å². The van der Waals surface area contributed by atoms with Crippen LogP contribution in [-0.4, -0.2) is 22.6 Å². The number of nitrogens with zero attached hydrogens (tertiary/aromatic N) is 1. The third kappa shape index (κ3) is 2.87. The molecule has 1 heterocycles. The van der Waals surface area contributed by atoms with Crippen LogP contribution in [-0.2, 0) is 0 Å². The van der Waals surface area contributed by atoms with E-state index in [1.54, 1.807) is 5.51 Å². The maximum absolute atomic E-state index is 10.9. The van der Waals surface area contributed by atoms with Crippen molar-refractivity contribution in [3.05, 3.63) is 47.1 Å². The largest absolute Gasteiger partial charge is 0.476 e. The Labute approximate surface area is 109 Å². The fourth-order valence-electron chi connectivity index (χ4n) is 1.67. The lowest BCUT2D eigenvalue weighted by molar-refractivity contribution is 0.0692. The summed E-state index contributed by atoms with van der Waals surface area (Å²) < 4.78 is 0. The quantitative estimate of drug-likeness (QED) is 0.869. The molecule has 0 aliphatic heterocycles. The van der Waals surface area contributed by atoms with Gasteiger partial charge in [0.05, 0.1) is 5.51 Å². The fourth-order valence-corrected chi connectivity index (χ4v) is 2.35. The molecular formula is C13H14N2O2S. The van der Waals surface area contributed by atoms with E-state index >= 15 is 0 Å². The second-order valence-corrected chi connectivity index (χ2v) is 4.88. The molecule has 0 spiro atoms. The van der Waals surface area contributed by atoms with Crippen molar-refractivity contribution in [1.82, 2.24) is 4.98 Å².